The Morgan fingerprint density at radius 3 is 2.65 bits per heavy atom. The SMILES string of the molecule is CN=C(NCCNC(=O)c1cccnc1)NCc1cccc(OC)c1OC1CCCC1. The first-order valence-electron chi connectivity index (χ1n) is 10.7. The predicted octanol–water partition coefficient (Wildman–Crippen LogP) is 2.51. The summed E-state index contributed by atoms with van der Waals surface area (Å²) in [6.45, 7) is 1.54. The average molecular weight is 426 g/mol. The minimum atomic E-state index is -0.150. The molecule has 0 atom stereocenters. The highest BCUT2D eigenvalue weighted by Crippen LogP contribution is 2.34. The Kier molecular flexibility index (Phi) is 8.51. The van der Waals surface area contributed by atoms with Gasteiger partial charge in [-0.1, -0.05) is 12.1 Å². The lowest BCUT2D eigenvalue weighted by atomic mass is 10.1. The third-order valence-electron chi connectivity index (χ3n) is 5.16. The van der Waals surface area contributed by atoms with Crippen molar-refractivity contribution in [2.75, 3.05) is 27.2 Å². The lowest BCUT2D eigenvalue weighted by Crippen LogP contribution is -2.41. The van der Waals surface area contributed by atoms with E-state index in [1.807, 2.05) is 18.2 Å². The fraction of sp³-hybridized carbons (Fsp3) is 0.435. The van der Waals surface area contributed by atoms with Gasteiger partial charge < -0.3 is 25.4 Å². The Balaban J connectivity index is 1.49. The lowest BCUT2D eigenvalue weighted by Gasteiger charge is -2.20. The number of benzene rings is 1. The summed E-state index contributed by atoms with van der Waals surface area (Å²) in [4.78, 5) is 20.3. The van der Waals surface area contributed by atoms with E-state index in [9.17, 15) is 4.79 Å². The first-order valence-corrected chi connectivity index (χ1v) is 10.7. The maximum absolute atomic E-state index is 12.1. The van der Waals surface area contributed by atoms with E-state index < -0.39 is 0 Å². The van der Waals surface area contributed by atoms with Crippen LogP contribution in [0.2, 0.25) is 0 Å². The Morgan fingerprint density at radius 2 is 1.94 bits per heavy atom. The number of hydrogen-bond donors (Lipinski definition) is 3. The van der Waals surface area contributed by atoms with Crippen molar-refractivity contribution < 1.29 is 14.3 Å². The number of ether oxygens (including phenoxy) is 2. The van der Waals surface area contributed by atoms with Crippen molar-refractivity contribution in [2.45, 2.75) is 38.3 Å². The molecule has 31 heavy (non-hydrogen) atoms. The number of para-hydroxylation sites is 1. The standard InChI is InChI=1S/C23H31N5O3/c1-24-23(27-14-13-26-22(29)18-8-6-12-25-15-18)28-16-17-7-5-11-20(30-2)21(17)31-19-9-3-4-10-19/h5-8,11-12,15,19H,3-4,9-10,13-14,16H2,1-2H3,(H,26,29)(H2,24,27,28). The minimum absolute atomic E-state index is 0.150. The highest BCUT2D eigenvalue weighted by atomic mass is 16.5. The number of aliphatic imine (C=N–C) groups is 1. The summed E-state index contributed by atoms with van der Waals surface area (Å²) in [6.07, 6.45) is 8.01. The second-order valence-corrected chi connectivity index (χ2v) is 7.32. The third kappa shape index (κ3) is 6.60. The molecule has 1 aliphatic rings. The number of amides is 1. The average Bonchev–Trinajstić information content (AvgIpc) is 3.33. The molecule has 8 heteroatoms. The van der Waals surface area contributed by atoms with E-state index in [1.165, 1.54) is 12.8 Å². The topological polar surface area (TPSA) is 96.9 Å². The number of hydrogen-bond acceptors (Lipinski definition) is 5. The molecule has 1 aromatic carbocycles. The van der Waals surface area contributed by atoms with Gasteiger partial charge in [0.2, 0.25) is 0 Å². The van der Waals surface area contributed by atoms with Gasteiger partial charge in [0.15, 0.2) is 17.5 Å². The van der Waals surface area contributed by atoms with E-state index in [0.717, 1.165) is 29.9 Å². The van der Waals surface area contributed by atoms with Crippen LogP contribution in [0.5, 0.6) is 11.5 Å². The van der Waals surface area contributed by atoms with Crippen molar-refractivity contribution in [1.82, 2.24) is 20.9 Å². The molecule has 8 nitrogen and oxygen atoms in total. The molecular formula is C23H31N5O3. The number of pyridine rings is 1. The van der Waals surface area contributed by atoms with Crippen molar-refractivity contribution in [3.8, 4) is 11.5 Å². The van der Waals surface area contributed by atoms with Crippen LogP contribution in [0.3, 0.4) is 0 Å². The molecule has 3 rings (SSSR count). The normalized spacial score (nSPS) is 14.2. The Morgan fingerprint density at radius 1 is 1.13 bits per heavy atom. The fourth-order valence-electron chi connectivity index (χ4n) is 3.52. The number of carbonyl (C=O) groups excluding carboxylic acids is 1. The van der Waals surface area contributed by atoms with E-state index in [4.69, 9.17) is 9.47 Å². The highest BCUT2D eigenvalue weighted by Gasteiger charge is 2.20. The van der Waals surface area contributed by atoms with Crippen LogP contribution in [0.25, 0.3) is 0 Å². The minimum Gasteiger partial charge on any atom is -0.493 e. The molecule has 1 aliphatic carbocycles. The van der Waals surface area contributed by atoms with Gasteiger partial charge in [-0.15, -0.1) is 0 Å². The predicted molar refractivity (Wildman–Crippen MR) is 121 cm³/mol. The zero-order chi connectivity index (χ0) is 21.9. The quantitative estimate of drug-likeness (QED) is 0.325. The van der Waals surface area contributed by atoms with Crippen LogP contribution in [0, 0.1) is 0 Å². The van der Waals surface area contributed by atoms with Crippen molar-refractivity contribution >= 4 is 11.9 Å². The molecule has 1 saturated carbocycles. The second-order valence-electron chi connectivity index (χ2n) is 7.32. The first kappa shape index (κ1) is 22.4. The van der Waals surface area contributed by atoms with Crippen LogP contribution in [-0.4, -0.2) is 50.2 Å². The van der Waals surface area contributed by atoms with Gasteiger partial charge in [0, 0.05) is 44.6 Å². The number of nitrogens with zero attached hydrogens (tertiary/aromatic N) is 2. The molecule has 0 radical (unpaired) electrons. The maximum atomic E-state index is 12.1. The molecule has 0 bridgehead atoms. The summed E-state index contributed by atoms with van der Waals surface area (Å²) in [5, 5.41) is 9.36. The highest BCUT2D eigenvalue weighted by molar-refractivity contribution is 5.93. The van der Waals surface area contributed by atoms with E-state index in [0.29, 0.717) is 31.2 Å². The summed E-state index contributed by atoms with van der Waals surface area (Å²) in [5.41, 5.74) is 1.55. The summed E-state index contributed by atoms with van der Waals surface area (Å²) in [6, 6.07) is 9.38. The van der Waals surface area contributed by atoms with Crippen molar-refractivity contribution in [3.05, 3.63) is 53.9 Å². The molecule has 166 valence electrons. The lowest BCUT2D eigenvalue weighted by molar-refractivity contribution is 0.0954. The number of carbonyl (C=O) groups is 1. The third-order valence-corrected chi connectivity index (χ3v) is 5.16. The molecule has 3 N–H and O–H groups in total. The number of nitrogens with one attached hydrogen (secondary N) is 3. The van der Waals surface area contributed by atoms with Gasteiger partial charge in [0.05, 0.1) is 18.8 Å². The van der Waals surface area contributed by atoms with Gasteiger partial charge in [0.1, 0.15) is 0 Å². The second kappa shape index (κ2) is 11.8. The number of aromatic nitrogens is 1. The molecule has 0 unspecified atom stereocenters. The smallest absolute Gasteiger partial charge is 0.252 e. The van der Waals surface area contributed by atoms with E-state index >= 15 is 0 Å². The van der Waals surface area contributed by atoms with Crippen LogP contribution in [0.15, 0.2) is 47.7 Å². The Labute approximate surface area is 183 Å². The molecule has 0 saturated heterocycles. The molecular weight excluding hydrogens is 394 g/mol. The molecule has 0 aliphatic heterocycles. The number of guanidine groups is 1. The van der Waals surface area contributed by atoms with Crippen LogP contribution in [-0.2, 0) is 6.54 Å². The molecule has 2 aromatic rings. The summed E-state index contributed by atoms with van der Waals surface area (Å²) in [7, 11) is 3.37. The van der Waals surface area contributed by atoms with Crippen molar-refractivity contribution in [2.24, 2.45) is 4.99 Å². The van der Waals surface area contributed by atoms with Gasteiger partial charge >= 0.3 is 0 Å². The van der Waals surface area contributed by atoms with Crippen molar-refractivity contribution in [3.63, 3.8) is 0 Å². The molecule has 0 spiro atoms. The Bertz CT molecular complexity index is 867. The largest absolute Gasteiger partial charge is 0.493 e. The monoisotopic (exact) mass is 425 g/mol. The molecule has 1 aromatic heterocycles. The first-order chi connectivity index (χ1) is 15.2. The summed E-state index contributed by atoms with van der Waals surface area (Å²) in [5.74, 6) is 2.03. The maximum Gasteiger partial charge on any atom is 0.252 e. The summed E-state index contributed by atoms with van der Waals surface area (Å²) >= 11 is 0. The van der Waals surface area contributed by atoms with Gasteiger partial charge in [-0.2, -0.15) is 0 Å². The Hall–Kier alpha value is -3.29. The number of methoxy groups -OCH3 is 1. The van der Waals surface area contributed by atoms with Gasteiger partial charge in [-0.05, 0) is 43.9 Å². The van der Waals surface area contributed by atoms with Crippen molar-refractivity contribution in [1.29, 1.82) is 0 Å². The molecule has 1 fully saturated rings. The van der Waals surface area contributed by atoms with Gasteiger partial charge in [0.25, 0.3) is 5.91 Å². The number of rotatable bonds is 9. The van der Waals surface area contributed by atoms with Crippen LogP contribution >= 0.6 is 0 Å². The van der Waals surface area contributed by atoms with Crippen LogP contribution in [0.4, 0.5) is 0 Å². The van der Waals surface area contributed by atoms with E-state index in [1.54, 1.807) is 38.7 Å². The molecule has 1 heterocycles. The zero-order valence-electron chi connectivity index (χ0n) is 18.2. The fourth-order valence-corrected chi connectivity index (χ4v) is 3.52. The van der Waals surface area contributed by atoms with Crippen LogP contribution in [0.1, 0.15) is 41.6 Å². The zero-order valence-corrected chi connectivity index (χ0v) is 18.2. The van der Waals surface area contributed by atoms with Gasteiger partial charge in [-0.25, -0.2) is 0 Å². The van der Waals surface area contributed by atoms with E-state index in [2.05, 4.69) is 25.9 Å². The van der Waals surface area contributed by atoms with E-state index in [-0.39, 0.29) is 12.0 Å². The van der Waals surface area contributed by atoms with Gasteiger partial charge in [-0.3, -0.25) is 14.8 Å². The molecule has 1 amide bonds. The van der Waals surface area contributed by atoms with Crippen LogP contribution < -0.4 is 25.4 Å². The summed E-state index contributed by atoms with van der Waals surface area (Å²) < 4.78 is 11.8.